The number of hydrogen-bond acceptors (Lipinski definition) is 4. The molecule has 0 spiro atoms. The Kier molecular flexibility index (Phi) is 5.44. The molecule has 1 N–H and O–H groups in total. The van der Waals surface area contributed by atoms with Gasteiger partial charge in [0.05, 0.1) is 19.6 Å². The van der Waals surface area contributed by atoms with E-state index in [2.05, 4.69) is 10.1 Å². The van der Waals surface area contributed by atoms with Crippen molar-refractivity contribution in [2.24, 2.45) is 0 Å². The summed E-state index contributed by atoms with van der Waals surface area (Å²) in [7, 11) is 2.97. The number of esters is 1. The van der Waals surface area contributed by atoms with Gasteiger partial charge < -0.3 is 10.1 Å². The molecule has 2 aromatic carbocycles. The van der Waals surface area contributed by atoms with Crippen LogP contribution in [0.4, 0.5) is 0 Å². The summed E-state index contributed by atoms with van der Waals surface area (Å²) in [5.41, 5.74) is 2.72. The fourth-order valence-corrected chi connectivity index (χ4v) is 2.23. The van der Waals surface area contributed by atoms with Gasteiger partial charge in [-0.25, -0.2) is 0 Å². The first-order chi connectivity index (χ1) is 10.7. The average molecular weight is 297 g/mol. The Hall–Kier alpha value is -2.46. The van der Waals surface area contributed by atoms with Crippen LogP contribution in [-0.2, 0) is 9.53 Å². The lowest BCUT2D eigenvalue weighted by Crippen LogP contribution is -2.36. The molecule has 2 rings (SSSR count). The van der Waals surface area contributed by atoms with Gasteiger partial charge in [0.1, 0.15) is 0 Å². The van der Waals surface area contributed by atoms with Crippen LogP contribution in [0.5, 0.6) is 0 Å². The number of likely N-dealkylation sites (N-methyl/N-ethyl adjacent to an activating group) is 1. The van der Waals surface area contributed by atoms with Gasteiger partial charge >= 0.3 is 5.97 Å². The molecule has 0 aliphatic rings. The van der Waals surface area contributed by atoms with E-state index in [-0.39, 0.29) is 12.2 Å². The molecule has 0 saturated carbocycles. The van der Waals surface area contributed by atoms with E-state index >= 15 is 0 Å². The minimum Gasteiger partial charge on any atom is -0.469 e. The van der Waals surface area contributed by atoms with Gasteiger partial charge in [0.2, 0.25) is 0 Å². The Morgan fingerprint density at radius 1 is 1.00 bits per heavy atom. The summed E-state index contributed by atoms with van der Waals surface area (Å²) in [6, 6.07) is 16.8. The third-order valence-corrected chi connectivity index (χ3v) is 3.54. The highest BCUT2D eigenvalue weighted by Crippen LogP contribution is 2.20. The molecule has 0 amide bonds. The van der Waals surface area contributed by atoms with Gasteiger partial charge in [0.25, 0.3) is 0 Å². The molecule has 0 aliphatic heterocycles. The van der Waals surface area contributed by atoms with Crippen molar-refractivity contribution < 1.29 is 14.3 Å². The molecule has 1 unspecified atom stereocenters. The smallest absolute Gasteiger partial charge is 0.307 e. The number of rotatable bonds is 6. The maximum absolute atomic E-state index is 12.4. The van der Waals surface area contributed by atoms with Crippen molar-refractivity contribution in [1.29, 1.82) is 0 Å². The molecule has 0 aliphatic carbocycles. The molecule has 1 atom stereocenters. The number of nitrogens with one attached hydrogen (secondary N) is 1. The molecule has 4 nitrogen and oxygen atoms in total. The van der Waals surface area contributed by atoms with Crippen LogP contribution < -0.4 is 5.32 Å². The fraction of sp³-hybridized carbons (Fsp3) is 0.222. The van der Waals surface area contributed by atoms with E-state index in [0.29, 0.717) is 5.56 Å². The molecule has 2 aromatic rings. The second-order valence-corrected chi connectivity index (χ2v) is 4.93. The molecule has 22 heavy (non-hydrogen) atoms. The van der Waals surface area contributed by atoms with Crippen molar-refractivity contribution in [3.63, 3.8) is 0 Å². The van der Waals surface area contributed by atoms with Crippen molar-refractivity contribution in [3.05, 3.63) is 60.2 Å². The average Bonchev–Trinajstić information content (AvgIpc) is 2.59. The van der Waals surface area contributed by atoms with Gasteiger partial charge in [0.15, 0.2) is 5.78 Å². The van der Waals surface area contributed by atoms with Crippen molar-refractivity contribution in [1.82, 2.24) is 5.32 Å². The minimum atomic E-state index is -0.574. The zero-order chi connectivity index (χ0) is 15.9. The van der Waals surface area contributed by atoms with Crippen molar-refractivity contribution >= 4 is 11.8 Å². The zero-order valence-electron chi connectivity index (χ0n) is 12.7. The highest BCUT2D eigenvalue weighted by Gasteiger charge is 2.21. The number of ketones is 1. The summed E-state index contributed by atoms with van der Waals surface area (Å²) in [5, 5.41) is 2.86. The molecular weight excluding hydrogens is 278 g/mol. The van der Waals surface area contributed by atoms with Crippen LogP contribution in [0, 0.1) is 0 Å². The van der Waals surface area contributed by atoms with Crippen LogP contribution in [0.15, 0.2) is 54.6 Å². The van der Waals surface area contributed by atoms with Crippen LogP contribution >= 0.6 is 0 Å². The largest absolute Gasteiger partial charge is 0.469 e. The predicted octanol–water partition coefficient (Wildman–Crippen LogP) is 2.69. The Morgan fingerprint density at radius 2 is 1.59 bits per heavy atom. The second kappa shape index (κ2) is 7.52. The molecule has 0 saturated heterocycles. The highest BCUT2D eigenvalue weighted by atomic mass is 16.5. The van der Waals surface area contributed by atoms with Crippen molar-refractivity contribution in [2.75, 3.05) is 14.2 Å². The number of methoxy groups -OCH3 is 1. The summed E-state index contributed by atoms with van der Waals surface area (Å²) in [5.74, 6) is -0.527. The Balaban J connectivity index is 2.15. The number of carbonyl (C=O) groups is 2. The molecule has 0 aromatic heterocycles. The molecule has 0 bridgehead atoms. The first-order valence-corrected chi connectivity index (χ1v) is 7.09. The number of carbonyl (C=O) groups excluding carboxylic acids is 2. The summed E-state index contributed by atoms with van der Waals surface area (Å²) in [6.45, 7) is 0. The summed E-state index contributed by atoms with van der Waals surface area (Å²) in [6.07, 6.45) is 0.0201. The molecule has 114 valence electrons. The third kappa shape index (κ3) is 3.80. The summed E-state index contributed by atoms with van der Waals surface area (Å²) >= 11 is 0. The number of hydrogen-bond donors (Lipinski definition) is 1. The maximum atomic E-state index is 12.4. The van der Waals surface area contributed by atoms with Gasteiger partial charge in [-0.3, -0.25) is 9.59 Å². The van der Waals surface area contributed by atoms with Crippen LogP contribution in [0.3, 0.4) is 0 Å². The van der Waals surface area contributed by atoms with Crippen LogP contribution in [0.1, 0.15) is 16.8 Å². The Labute approximate surface area is 130 Å². The van der Waals surface area contributed by atoms with E-state index in [9.17, 15) is 9.59 Å². The zero-order valence-corrected chi connectivity index (χ0v) is 12.7. The molecule has 0 radical (unpaired) electrons. The Bertz CT molecular complexity index is 635. The predicted molar refractivity (Wildman–Crippen MR) is 85.7 cm³/mol. The topological polar surface area (TPSA) is 55.4 Å². The number of ether oxygens (including phenoxy) is 1. The maximum Gasteiger partial charge on any atom is 0.307 e. The van der Waals surface area contributed by atoms with Gasteiger partial charge in [0, 0.05) is 5.56 Å². The second-order valence-electron chi connectivity index (χ2n) is 4.93. The van der Waals surface area contributed by atoms with Gasteiger partial charge in [-0.1, -0.05) is 54.6 Å². The van der Waals surface area contributed by atoms with E-state index in [4.69, 9.17) is 0 Å². The van der Waals surface area contributed by atoms with E-state index in [1.807, 2.05) is 42.5 Å². The summed E-state index contributed by atoms with van der Waals surface area (Å²) < 4.78 is 4.61. The van der Waals surface area contributed by atoms with Crippen LogP contribution in [0.25, 0.3) is 11.1 Å². The Morgan fingerprint density at radius 3 is 2.14 bits per heavy atom. The molecular formula is C18H19NO3. The van der Waals surface area contributed by atoms with E-state index in [1.54, 1.807) is 19.2 Å². The molecule has 0 heterocycles. The highest BCUT2D eigenvalue weighted by molar-refractivity contribution is 6.02. The number of benzene rings is 2. The van der Waals surface area contributed by atoms with Gasteiger partial charge in [-0.15, -0.1) is 0 Å². The number of Topliss-reactive ketones (excluding diaryl/α,β-unsaturated/α-hetero) is 1. The van der Waals surface area contributed by atoms with Gasteiger partial charge in [-0.2, -0.15) is 0 Å². The normalized spacial score (nSPS) is 11.7. The third-order valence-electron chi connectivity index (χ3n) is 3.54. The lowest BCUT2D eigenvalue weighted by atomic mass is 9.98. The van der Waals surface area contributed by atoms with E-state index in [0.717, 1.165) is 11.1 Å². The van der Waals surface area contributed by atoms with Crippen molar-refractivity contribution in [2.45, 2.75) is 12.5 Å². The first kappa shape index (κ1) is 15.9. The SMILES string of the molecule is CNC(CC(=O)OC)C(=O)c1ccc(-c2ccccc2)cc1. The van der Waals surface area contributed by atoms with E-state index in [1.165, 1.54) is 7.11 Å². The lowest BCUT2D eigenvalue weighted by Gasteiger charge is -2.14. The lowest BCUT2D eigenvalue weighted by molar-refractivity contribution is -0.140. The molecule has 0 fully saturated rings. The van der Waals surface area contributed by atoms with E-state index < -0.39 is 12.0 Å². The quantitative estimate of drug-likeness (QED) is 0.658. The molecule has 4 heteroatoms. The fourth-order valence-electron chi connectivity index (χ4n) is 2.23. The van der Waals surface area contributed by atoms with Crippen LogP contribution in [0.2, 0.25) is 0 Å². The standard InChI is InChI=1S/C18H19NO3/c1-19-16(12-17(20)22-2)18(21)15-10-8-14(9-11-15)13-6-4-3-5-7-13/h3-11,16,19H,12H2,1-2H3. The minimum absolute atomic E-state index is 0.0201. The summed E-state index contributed by atoms with van der Waals surface area (Å²) in [4.78, 5) is 23.7. The first-order valence-electron chi connectivity index (χ1n) is 7.09. The van der Waals surface area contributed by atoms with Crippen molar-refractivity contribution in [3.8, 4) is 11.1 Å². The monoisotopic (exact) mass is 297 g/mol. The van der Waals surface area contributed by atoms with Gasteiger partial charge in [-0.05, 0) is 18.2 Å². The van der Waals surface area contributed by atoms with Crippen LogP contribution in [-0.4, -0.2) is 32.0 Å².